The Kier molecular flexibility index (Phi) is 15.3. The molecule has 32 atom stereocenters. The third-order valence-corrected chi connectivity index (χ3v) is 19.8. The highest BCUT2D eigenvalue weighted by molar-refractivity contribution is 5.27. The molecule has 21 nitrogen and oxygen atoms in total. The minimum Gasteiger partial charge on any atom is -0.394 e. The van der Waals surface area contributed by atoms with Crippen LogP contribution >= 0.6 is 0 Å². The van der Waals surface area contributed by atoms with E-state index in [1.165, 1.54) is 26.3 Å². The van der Waals surface area contributed by atoms with Crippen molar-refractivity contribution in [3.63, 3.8) is 0 Å². The van der Waals surface area contributed by atoms with Crippen LogP contribution in [0.2, 0.25) is 0 Å². The molecule has 3 saturated carbocycles. The van der Waals surface area contributed by atoms with E-state index in [9.17, 15) is 56.2 Å². The molecule has 9 fully saturated rings. The average molecular weight is 1030 g/mol. The Morgan fingerprint density at radius 2 is 1.19 bits per heavy atom. The number of rotatable bonds is 9. The number of allylic oxidation sites excluding steroid dienone is 1. The molecule has 0 amide bonds. The van der Waals surface area contributed by atoms with Crippen molar-refractivity contribution in [3.8, 4) is 0 Å². The van der Waals surface area contributed by atoms with Crippen molar-refractivity contribution < 1.29 is 104 Å². The first-order valence-corrected chi connectivity index (χ1v) is 26.7. The molecule has 10 aliphatic rings. The van der Waals surface area contributed by atoms with Gasteiger partial charge < -0.3 is 104 Å². The van der Waals surface area contributed by atoms with Gasteiger partial charge in [-0.3, -0.25) is 0 Å². The summed E-state index contributed by atoms with van der Waals surface area (Å²) in [5, 5.41) is 121. The molecule has 6 saturated heterocycles. The number of ether oxygens (including phenoxy) is 10. The molecule has 0 unspecified atom stereocenters. The van der Waals surface area contributed by atoms with Gasteiger partial charge in [-0.15, -0.1) is 0 Å². The summed E-state index contributed by atoms with van der Waals surface area (Å²) < 4.78 is 62.0. The number of aliphatic hydroxyl groups excluding tert-OH is 11. The van der Waals surface area contributed by atoms with Gasteiger partial charge in [0.05, 0.1) is 49.8 Å². The molecule has 412 valence electrons. The Hall–Kier alpha value is -1.10. The first kappa shape index (κ1) is 54.3. The van der Waals surface area contributed by atoms with Crippen molar-refractivity contribution in [2.75, 3.05) is 13.2 Å². The van der Waals surface area contributed by atoms with Gasteiger partial charge in [-0.2, -0.15) is 0 Å². The zero-order valence-electron chi connectivity index (χ0n) is 42.4. The van der Waals surface area contributed by atoms with Crippen LogP contribution in [0.15, 0.2) is 11.6 Å². The van der Waals surface area contributed by atoms with Crippen LogP contribution in [0.1, 0.15) is 99.8 Å². The summed E-state index contributed by atoms with van der Waals surface area (Å²) in [4.78, 5) is 0. The van der Waals surface area contributed by atoms with Crippen LogP contribution in [0, 0.1) is 46.3 Å². The SMILES string of the molecule is C[C@@H]1CC[C@@]2(OC1)O[C@H]1C[C@H]3[C@@H]4CC=C5C[C@@H](O[C@@H]6O[C@H](CO)[C@@H](O[C@@H]7O[C@@H](C)[C@H](O[C@@H]8O[C@@H](C)[C@H](O)[C@@H](O)[C@H]8O)[C@@H](O)[C@H]7O)[C@H](O)[C@H]6O[C@@H]6O[C@@H](C)[C@H](O)[C@@H](O)[C@H]6O)CC[C@]5(C)[C@H]4C[C@H](O)[C@]3(C)[C@H]1[C@@H]2C. The van der Waals surface area contributed by atoms with E-state index in [1.54, 1.807) is 0 Å². The molecule has 0 aromatic carbocycles. The van der Waals surface area contributed by atoms with Gasteiger partial charge >= 0.3 is 0 Å². The van der Waals surface area contributed by atoms with E-state index in [1.807, 2.05) is 0 Å². The van der Waals surface area contributed by atoms with Gasteiger partial charge in [-0.1, -0.05) is 39.3 Å². The van der Waals surface area contributed by atoms with E-state index in [0.29, 0.717) is 37.7 Å². The third kappa shape index (κ3) is 8.90. The van der Waals surface area contributed by atoms with Crippen LogP contribution < -0.4 is 0 Å². The maximum atomic E-state index is 12.4. The minimum absolute atomic E-state index is 0.0298. The normalized spacial score (nSPS) is 58.8. The Balaban J connectivity index is 0.844. The predicted octanol–water partition coefficient (Wildman–Crippen LogP) is -0.936. The fourth-order valence-corrected chi connectivity index (χ4v) is 15.4. The van der Waals surface area contributed by atoms with Crippen molar-refractivity contribution in [2.45, 2.75) is 247 Å². The highest BCUT2D eigenvalue weighted by Crippen LogP contribution is 2.71. The monoisotopic (exact) mass is 1030 g/mol. The maximum Gasteiger partial charge on any atom is 0.187 e. The third-order valence-electron chi connectivity index (χ3n) is 19.8. The quantitative estimate of drug-likeness (QED) is 0.124. The van der Waals surface area contributed by atoms with Crippen LogP contribution in [0.3, 0.4) is 0 Å². The van der Waals surface area contributed by atoms with E-state index in [-0.39, 0.29) is 40.6 Å². The summed E-state index contributed by atoms with van der Waals surface area (Å²) in [6.07, 6.45) is -22.5. The Bertz CT molecular complexity index is 1920. The Morgan fingerprint density at radius 1 is 0.597 bits per heavy atom. The van der Waals surface area contributed by atoms with Crippen molar-refractivity contribution in [1.29, 1.82) is 0 Å². The summed E-state index contributed by atoms with van der Waals surface area (Å²) in [5.74, 6) is 1.11. The molecule has 1 spiro atoms. The van der Waals surface area contributed by atoms with Crippen molar-refractivity contribution in [3.05, 3.63) is 11.6 Å². The van der Waals surface area contributed by atoms with Crippen molar-refractivity contribution in [2.24, 2.45) is 46.3 Å². The highest BCUT2D eigenvalue weighted by Gasteiger charge is 2.71. The molecule has 11 N–H and O–H groups in total. The van der Waals surface area contributed by atoms with Crippen LogP contribution in [-0.2, 0) is 47.4 Å². The largest absolute Gasteiger partial charge is 0.394 e. The van der Waals surface area contributed by atoms with Crippen LogP contribution in [0.25, 0.3) is 0 Å². The minimum atomic E-state index is -1.86. The van der Waals surface area contributed by atoms with Gasteiger partial charge in [0.25, 0.3) is 0 Å². The van der Waals surface area contributed by atoms with Crippen LogP contribution in [-0.4, -0.2) is 216 Å². The molecule has 72 heavy (non-hydrogen) atoms. The first-order chi connectivity index (χ1) is 34.0. The number of fused-ring (bicyclic) bond motifs is 7. The van der Waals surface area contributed by atoms with Gasteiger partial charge in [0.15, 0.2) is 30.9 Å². The van der Waals surface area contributed by atoms with E-state index < -0.39 is 147 Å². The molecule has 21 heteroatoms. The van der Waals surface area contributed by atoms with Gasteiger partial charge in [-0.25, -0.2) is 0 Å². The Labute approximate surface area is 420 Å². The lowest BCUT2D eigenvalue weighted by atomic mass is 9.46. The number of aliphatic hydroxyl groups is 11. The molecule has 0 radical (unpaired) electrons. The van der Waals surface area contributed by atoms with Crippen molar-refractivity contribution >= 4 is 0 Å². The topological polar surface area (TPSA) is 315 Å². The van der Waals surface area contributed by atoms with Gasteiger partial charge in [-0.05, 0) is 94.8 Å². The van der Waals surface area contributed by atoms with Crippen molar-refractivity contribution in [1.82, 2.24) is 0 Å². The second kappa shape index (κ2) is 20.3. The van der Waals surface area contributed by atoms with E-state index in [4.69, 9.17) is 47.4 Å². The molecule has 6 heterocycles. The average Bonchev–Trinajstić information content (AvgIpc) is 3.80. The van der Waals surface area contributed by atoms with E-state index in [0.717, 1.165) is 32.1 Å². The van der Waals surface area contributed by atoms with Gasteiger partial charge in [0, 0.05) is 23.7 Å². The standard InChI is InChI=1S/C51H82O21/c1-19-10-13-51(63-18-19)20(2)32-29(72-51)15-28-26-9-8-24-14-25(11-12-49(24,6)27(26)16-31(53)50(28,32)7)67-48-44(71-46-39(60)36(57)34(55)22(4)65-46)41(62)43(30(17-52)68-48)70-47-40(61)37(58)42(23(5)66-47)69-45-38(59)35(56)33(54)21(3)64-45/h8,19-23,25-48,52-62H,9-18H2,1-7H3/t19-,20+,21+,22+,23+,25+,26-,27+,28+,29+,30-,31+,32+,33+,34+,35-,36-,37+,38-,39-,40-,41+,42+,43-,44-,45+,46+,47+,48-,49+,50-,51-/m1/s1. The zero-order chi connectivity index (χ0) is 51.7. The summed E-state index contributed by atoms with van der Waals surface area (Å²) in [5.41, 5.74) is 0.656. The molecule has 4 aliphatic carbocycles. The summed E-state index contributed by atoms with van der Waals surface area (Å²) in [7, 11) is 0. The molecular weight excluding hydrogens is 949 g/mol. The summed E-state index contributed by atoms with van der Waals surface area (Å²) in [6.45, 7) is 13.5. The smallest absolute Gasteiger partial charge is 0.187 e. The summed E-state index contributed by atoms with van der Waals surface area (Å²) in [6, 6.07) is 0. The number of hydrogen-bond acceptors (Lipinski definition) is 21. The van der Waals surface area contributed by atoms with E-state index in [2.05, 4.69) is 33.8 Å². The van der Waals surface area contributed by atoms with Gasteiger partial charge in [0.1, 0.15) is 79.4 Å². The molecule has 0 aromatic rings. The molecular formula is C51H82O21. The van der Waals surface area contributed by atoms with E-state index >= 15 is 0 Å². The lowest BCUT2D eigenvalue weighted by molar-refractivity contribution is -0.394. The molecule has 0 aromatic heterocycles. The van der Waals surface area contributed by atoms with Crippen LogP contribution in [0.5, 0.6) is 0 Å². The Morgan fingerprint density at radius 3 is 1.81 bits per heavy atom. The maximum absolute atomic E-state index is 12.4. The summed E-state index contributed by atoms with van der Waals surface area (Å²) >= 11 is 0. The second-order valence-corrected chi connectivity index (χ2v) is 23.9. The zero-order valence-corrected chi connectivity index (χ0v) is 42.4. The first-order valence-electron chi connectivity index (χ1n) is 26.7. The molecule has 10 rings (SSSR count). The fourth-order valence-electron chi connectivity index (χ4n) is 15.4. The lowest BCUT2D eigenvalue weighted by Gasteiger charge is -2.60. The molecule has 0 bridgehead atoms. The second-order valence-electron chi connectivity index (χ2n) is 23.9. The highest BCUT2D eigenvalue weighted by atomic mass is 16.8. The van der Waals surface area contributed by atoms with Gasteiger partial charge in [0.2, 0.25) is 0 Å². The molecule has 6 aliphatic heterocycles. The fraction of sp³-hybridized carbons (Fsp3) is 0.961. The number of hydrogen-bond donors (Lipinski definition) is 11. The lowest BCUT2D eigenvalue weighted by Crippen LogP contribution is -2.67. The predicted molar refractivity (Wildman–Crippen MR) is 245 cm³/mol. The van der Waals surface area contributed by atoms with Crippen LogP contribution in [0.4, 0.5) is 0 Å².